The third kappa shape index (κ3) is 2.71. The molecule has 2 N–H and O–H groups in total. The van der Waals surface area contributed by atoms with Crippen LogP contribution >= 0.6 is 23.3 Å². The summed E-state index contributed by atoms with van der Waals surface area (Å²) in [6, 6.07) is 3.41. The van der Waals surface area contributed by atoms with Gasteiger partial charge in [-0.1, -0.05) is 11.6 Å². The van der Waals surface area contributed by atoms with Crippen LogP contribution in [0.1, 0.15) is 19.3 Å². The minimum atomic E-state index is -0.839. The highest BCUT2D eigenvalue weighted by Crippen LogP contribution is 2.34. The van der Waals surface area contributed by atoms with Gasteiger partial charge in [0.15, 0.2) is 0 Å². The average molecular weight is 326 g/mol. The van der Waals surface area contributed by atoms with Crippen molar-refractivity contribution < 1.29 is 14.7 Å². The van der Waals surface area contributed by atoms with E-state index in [4.69, 9.17) is 16.7 Å². The Bertz CT molecular complexity index is 718. The number of nitrogens with one attached hydrogen (secondary N) is 1. The summed E-state index contributed by atoms with van der Waals surface area (Å²) in [6.45, 7) is 0. The van der Waals surface area contributed by atoms with E-state index in [-0.39, 0.29) is 11.8 Å². The number of hydrogen-bond acceptors (Lipinski definition) is 5. The fourth-order valence-corrected chi connectivity index (χ4v) is 3.36. The number of fused-ring (bicyclic) bond motifs is 1. The van der Waals surface area contributed by atoms with Gasteiger partial charge < -0.3 is 10.4 Å². The fraction of sp³-hybridized carbons (Fsp3) is 0.385. The van der Waals surface area contributed by atoms with E-state index in [2.05, 4.69) is 14.1 Å². The number of halogens is 1. The summed E-state index contributed by atoms with van der Waals surface area (Å²) in [5.41, 5.74) is 1.69. The Morgan fingerprint density at radius 1 is 1.29 bits per heavy atom. The van der Waals surface area contributed by atoms with Crippen LogP contribution < -0.4 is 5.32 Å². The second-order valence-corrected chi connectivity index (χ2v) is 6.02. The van der Waals surface area contributed by atoms with Crippen molar-refractivity contribution in [2.75, 3.05) is 5.32 Å². The lowest BCUT2D eigenvalue weighted by Gasteiger charge is -2.12. The molecule has 1 aliphatic rings. The first-order chi connectivity index (χ1) is 10.1. The van der Waals surface area contributed by atoms with Crippen LogP contribution in [0.25, 0.3) is 11.0 Å². The maximum absolute atomic E-state index is 12.3. The zero-order valence-electron chi connectivity index (χ0n) is 10.9. The van der Waals surface area contributed by atoms with Gasteiger partial charge in [-0.3, -0.25) is 9.59 Å². The molecule has 2 atom stereocenters. The summed E-state index contributed by atoms with van der Waals surface area (Å²) in [5, 5.41) is 12.2. The molecule has 0 bridgehead atoms. The molecular weight excluding hydrogens is 314 g/mol. The van der Waals surface area contributed by atoms with E-state index in [9.17, 15) is 9.59 Å². The molecule has 110 valence electrons. The molecule has 21 heavy (non-hydrogen) atoms. The van der Waals surface area contributed by atoms with Gasteiger partial charge in [0.05, 0.1) is 28.4 Å². The molecule has 2 aromatic rings. The van der Waals surface area contributed by atoms with Gasteiger partial charge in [-0.15, -0.1) is 0 Å². The lowest BCUT2D eigenvalue weighted by atomic mass is 10.0. The zero-order valence-corrected chi connectivity index (χ0v) is 12.4. The van der Waals surface area contributed by atoms with E-state index in [0.29, 0.717) is 41.0 Å². The number of carbonyl (C=O) groups is 2. The number of aliphatic carboxylic acids is 1. The summed E-state index contributed by atoms with van der Waals surface area (Å²) in [4.78, 5) is 23.2. The van der Waals surface area contributed by atoms with Crippen LogP contribution in [0.15, 0.2) is 12.1 Å². The SMILES string of the molecule is O=C(O)C1CCC(C(=O)Nc2c(Cl)ccc3nsnc23)C1. The van der Waals surface area contributed by atoms with Gasteiger partial charge in [0, 0.05) is 5.92 Å². The Balaban J connectivity index is 1.79. The van der Waals surface area contributed by atoms with Gasteiger partial charge in [-0.05, 0) is 31.4 Å². The molecule has 1 amide bonds. The van der Waals surface area contributed by atoms with E-state index in [1.807, 2.05) is 0 Å². The quantitative estimate of drug-likeness (QED) is 0.905. The number of carboxylic acid groups (broad SMARTS) is 1. The van der Waals surface area contributed by atoms with Gasteiger partial charge in [0.25, 0.3) is 0 Å². The number of anilines is 1. The highest BCUT2D eigenvalue weighted by molar-refractivity contribution is 7.00. The number of aromatic nitrogens is 2. The number of nitrogens with zero attached hydrogens (tertiary/aromatic N) is 2. The van der Waals surface area contributed by atoms with Crippen LogP contribution in [0.3, 0.4) is 0 Å². The average Bonchev–Trinajstić information content (AvgIpc) is 3.09. The Morgan fingerprint density at radius 3 is 2.76 bits per heavy atom. The molecule has 3 rings (SSSR count). The Labute approximate surface area is 129 Å². The van der Waals surface area contributed by atoms with Crippen molar-refractivity contribution in [1.82, 2.24) is 8.75 Å². The minimum Gasteiger partial charge on any atom is -0.481 e. The summed E-state index contributed by atoms with van der Waals surface area (Å²) in [7, 11) is 0. The first kappa shape index (κ1) is 14.2. The lowest BCUT2D eigenvalue weighted by Crippen LogP contribution is -2.22. The molecule has 0 saturated heterocycles. The highest BCUT2D eigenvalue weighted by atomic mass is 35.5. The molecule has 1 fully saturated rings. The first-order valence-electron chi connectivity index (χ1n) is 6.50. The second-order valence-electron chi connectivity index (χ2n) is 5.09. The van der Waals surface area contributed by atoms with Crippen LogP contribution in [-0.2, 0) is 9.59 Å². The molecule has 0 radical (unpaired) electrons. The van der Waals surface area contributed by atoms with E-state index in [1.165, 1.54) is 0 Å². The van der Waals surface area contributed by atoms with Crippen LogP contribution in [0.4, 0.5) is 5.69 Å². The number of carbonyl (C=O) groups excluding carboxylic acids is 1. The van der Waals surface area contributed by atoms with Crippen molar-refractivity contribution in [2.45, 2.75) is 19.3 Å². The fourth-order valence-electron chi connectivity index (χ4n) is 2.61. The third-order valence-electron chi connectivity index (χ3n) is 3.78. The molecule has 0 spiro atoms. The van der Waals surface area contributed by atoms with Gasteiger partial charge in [0.2, 0.25) is 5.91 Å². The summed E-state index contributed by atoms with van der Waals surface area (Å²) < 4.78 is 8.24. The smallest absolute Gasteiger partial charge is 0.306 e. The number of rotatable bonds is 3. The largest absolute Gasteiger partial charge is 0.481 e. The van der Waals surface area contributed by atoms with Crippen LogP contribution in [0.2, 0.25) is 5.02 Å². The topological polar surface area (TPSA) is 92.2 Å². The molecule has 1 aromatic carbocycles. The normalized spacial score (nSPS) is 21.6. The van der Waals surface area contributed by atoms with Crippen molar-refractivity contribution in [2.24, 2.45) is 11.8 Å². The lowest BCUT2D eigenvalue weighted by molar-refractivity contribution is -0.141. The van der Waals surface area contributed by atoms with Crippen molar-refractivity contribution in [3.05, 3.63) is 17.2 Å². The van der Waals surface area contributed by atoms with E-state index < -0.39 is 11.9 Å². The summed E-state index contributed by atoms with van der Waals surface area (Å²) in [5.74, 6) is -1.78. The molecule has 6 nitrogen and oxygen atoms in total. The number of amides is 1. The molecule has 2 unspecified atom stereocenters. The third-order valence-corrected chi connectivity index (χ3v) is 4.64. The number of carboxylic acids is 1. The highest BCUT2D eigenvalue weighted by Gasteiger charge is 2.34. The maximum atomic E-state index is 12.3. The standard InChI is InChI=1S/C13H12ClN3O3S/c14-8-3-4-9-11(17-21-16-9)10(8)15-12(18)6-1-2-7(5-6)13(19)20/h3-4,6-7H,1-2,5H2,(H,15,18)(H,19,20). The predicted octanol–water partition coefficient (Wildman–Crippen LogP) is 2.78. The van der Waals surface area contributed by atoms with Gasteiger partial charge in [-0.2, -0.15) is 8.75 Å². The maximum Gasteiger partial charge on any atom is 0.306 e. The molecule has 1 saturated carbocycles. The van der Waals surface area contributed by atoms with Crippen molar-refractivity contribution in [3.8, 4) is 0 Å². The van der Waals surface area contributed by atoms with Gasteiger partial charge in [0.1, 0.15) is 11.0 Å². The van der Waals surface area contributed by atoms with E-state index >= 15 is 0 Å². The number of benzene rings is 1. The number of hydrogen-bond donors (Lipinski definition) is 2. The molecule has 8 heteroatoms. The molecule has 1 aliphatic carbocycles. The molecule has 1 aromatic heterocycles. The molecular formula is C13H12ClN3O3S. The summed E-state index contributed by atoms with van der Waals surface area (Å²) >= 11 is 7.17. The first-order valence-corrected chi connectivity index (χ1v) is 7.61. The molecule has 0 aliphatic heterocycles. The summed E-state index contributed by atoms with van der Waals surface area (Å²) in [6.07, 6.45) is 1.47. The van der Waals surface area contributed by atoms with Gasteiger partial charge >= 0.3 is 5.97 Å². The van der Waals surface area contributed by atoms with E-state index in [1.54, 1.807) is 12.1 Å². The van der Waals surface area contributed by atoms with Crippen LogP contribution in [0.5, 0.6) is 0 Å². The zero-order chi connectivity index (χ0) is 15.0. The molecule has 1 heterocycles. The Morgan fingerprint density at radius 2 is 2.05 bits per heavy atom. The van der Waals surface area contributed by atoms with Crippen molar-refractivity contribution >= 4 is 51.9 Å². The van der Waals surface area contributed by atoms with Crippen LogP contribution in [0, 0.1) is 11.8 Å². The van der Waals surface area contributed by atoms with Gasteiger partial charge in [-0.25, -0.2) is 0 Å². The predicted molar refractivity (Wildman–Crippen MR) is 79.5 cm³/mol. The minimum absolute atomic E-state index is 0.207. The monoisotopic (exact) mass is 325 g/mol. The van der Waals surface area contributed by atoms with Crippen molar-refractivity contribution in [3.63, 3.8) is 0 Å². The Hall–Kier alpha value is -1.73. The van der Waals surface area contributed by atoms with Crippen LogP contribution in [-0.4, -0.2) is 25.7 Å². The Kier molecular flexibility index (Phi) is 3.77. The van der Waals surface area contributed by atoms with E-state index in [0.717, 1.165) is 11.7 Å². The van der Waals surface area contributed by atoms with Crippen molar-refractivity contribution in [1.29, 1.82) is 0 Å². The second kappa shape index (κ2) is 5.57.